The number of alkyl carbamates (subject to hydrolysis) is 1. The molecule has 0 aromatic carbocycles. The molecule has 1 amide bonds. The van der Waals surface area contributed by atoms with Gasteiger partial charge in [-0.3, -0.25) is 4.79 Å². The van der Waals surface area contributed by atoms with Crippen molar-refractivity contribution in [2.24, 2.45) is 5.41 Å². The molecule has 1 N–H and O–H groups in total. The Labute approximate surface area is 124 Å². The molecule has 1 saturated heterocycles. The Balaban J connectivity index is 2.26. The molecule has 7 heteroatoms. The molecular formula is C13H23NO5S. The molecule has 0 aromatic heterocycles. The molecule has 0 aromatic rings. The van der Waals surface area contributed by atoms with E-state index in [0.29, 0.717) is 13.2 Å². The normalized spacial score (nSPS) is 24.1. The van der Waals surface area contributed by atoms with Gasteiger partial charge in [0, 0.05) is 25.3 Å². The van der Waals surface area contributed by atoms with Crippen molar-refractivity contribution >= 4 is 24.7 Å². The molecule has 1 rings (SSSR count). The van der Waals surface area contributed by atoms with E-state index in [0.717, 1.165) is 6.42 Å². The molecule has 0 aliphatic carbocycles. The lowest BCUT2D eigenvalue weighted by Gasteiger charge is -2.21. The van der Waals surface area contributed by atoms with Crippen molar-refractivity contribution in [2.45, 2.75) is 51.8 Å². The second kappa shape index (κ2) is 7.17. The second-order valence-electron chi connectivity index (χ2n) is 5.77. The summed E-state index contributed by atoms with van der Waals surface area (Å²) in [5.41, 5.74) is -0.634. The van der Waals surface area contributed by atoms with E-state index in [1.165, 1.54) is 6.92 Å². The Morgan fingerprint density at radius 1 is 1.40 bits per heavy atom. The zero-order valence-corrected chi connectivity index (χ0v) is 13.2. The fourth-order valence-electron chi connectivity index (χ4n) is 1.56. The minimum absolute atomic E-state index is 0.113. The summed E-state index contributed by atoms with van der Waals surface area (Å²) in [6.07, 6.45) is -0.823. The minimum atomic E-state index is -0.932. The maximum absolute atomic E-state index is 11.6. The molecule has 116 valence electrons. The number of esters is 1. The van der Waals surface area contributed by atoms with Crippen LogP contribution < -0.4 is 5.32 Å². The van der Waals surface area contributed by atoms with E-state index in [9.17, 15) is 9.59 Å². The quantitative estimate of drug-likeness (QED) is 0.470. The van der Waals surface area contributed by atoms with Crippen molar-refractivity contribution < 1.29 is 23.8 Å². The van der Waals surface area contributed by atoms with Crippen LogP contribution in [0.3, 0.4) is 0 Å². The average molecular weight is 305 g/mol. The van der Waals surface area contributed by atoms with Gasteiger partial charge in [0.05, 0.1) is 11.5 Å². The monoisotopic (exact) mass is 305 g/mol. The Morgan fingerprint density at radius 3 is 2.55 bits per heavy atom. The van der Waals surface area contributed by atoms with Crippen molar-refractivity contribution in [2.75, 3.05) is 13.2 Å². The molecule has 0 radical (unpaired) electrons. The van der Waals surface area contributed by atoms with Gasteiger partial charge < -0.3 is 19.5 Å². The highest BCUT2D eigenvalue weighted by molar-refractivity contribution is 7.81. The van der Waals surface area contributed by atoms with Crippen molar-refractivity contribution in [3.8, 4) is 0 Å². The zero-order valence-electron chi connectivity index (χ0n) is 12.3. The van der Waals surface area contributed by atoms with Crippen LogP contribution in [0, 0.1) is 5.41 Å². The van der Waals surface area contributed by atoms with Gasteiger partial charge in [0.25, 0.3) is 0 Å². The lowest BCUT2D eigenvalue weighted by Crippen LogP contribution is -2.38. The standard InChI is InChI=1S/C13H23NO5S/c1-8(18-11(15)13(2,3)4)19-12(16)14-7-9-10(20)5-6-17-9/h8-10,20H,5-7H2,1-4H3,(H,14,16)/t8?,9-,10-/m1/s1. The number of ether oxygens (including phenoxy) is 3. The summed E-state index contributed by atoms with van der Waals surface area (Å²) in [4.78, 5) is 23.1. The van der Waals surface area contributed by atoms with Crippen molar-refractivity contribution in [3.05, 3.63) is 0 Å². The molecule has 1 fully saturated rings. The summed E-state index contributed by atoms with van der Waals surface area (Å²) < 4.78 is 15.3. The van der Waals surface area contributed by atoms with E-state index in [4.69, 9.17) is 14.2 Å². The first-order chi connectivity index (χ1) is 9.20. The van der Waals surface area contributed by atoms with Crippen LogP contribution >= 0.6 is 12.6 Å². The van der Waals surface area contributed by atoms with Crippen molar-refractivity contribution in [3.63, 3.8) is 0 Å². The van der Waals surface area contributed by atoms with Gasteiger partial charge in [-0.2, -0.15) is 12.6 Å². The smallest absolute Gasteiger partial charge is 0.410 e. The molecule has 3 atom stereocenters. The van der Waals surface area contributed by atoms with Crippen LogP contribution in [0.2, 0.25) is 0 Å². The zero-order chi connectivity index (χ0) is 15.3. The molecule has 0 saturated carbocycles. The number of nitrogens with one attached hydrogen (secondary N) is 1. The first kappa shape index (κ1) is 17.1. The number of amides is 1. The van der Waals surface area contributed by atoms with Crippen LogP contribution in [0.25, 0.3) is 0 Å². The van der Waals surface area contributed by atoms with Crippen LogP contribution in [0.4, 0.5) is 4.79 Å². The molecule has 20 heavy (non-hydrogen) atoms. The van der Waals surface area contributed by atoms with Gasteiger partial charge in [0.2, 0.25) is 6.29 Å². The van der Waals surface area contributed by atoms with Gasteiger partial charge in [0.1, 0.15) is 0 Å². The minimum Gasteiger partial charge on any atom is -0.425 e. The summed E-state index contributed by atoms with van der Waals surface area (Å²) in [6, 6.07) is 0. The summed E-state index contributed by atoms with van der Waals surface area (Å²) in [6.45, 7) is 7.66. The topological polar surface area (TPSA) is 73.9 Å². The van der Waals surface area contributed by atoms with Gasteiger partial charge in [-0.25, -0.2) is 4.79 Å². The van der Waals surface area contributed by atoms with Gasteiger partial charge >= 0.3 is 12.1 Å². The number of carbonyl (C=O) groups is 2. The van der Waals surface area contributed by atoms with Gasteiger partial charge in [-0.15, -0.1) is 0 Å². The van der Waals surface area contributed by atoms with E-state index in [-0.39, 0.29) is 11.4 Å². The SMILES string of the molecule is CC(OC(=O)NC[C@H]1OCC[C@H]1S)OC(=O)C(C)(C)C. The molecule has 1 heterocycles. The molecule has 1 aliphatic rings. The first-order valence-electron chi connectivity index (χ1n) is 6.65. The third-order valence-electron chi connectivity index (χ3n) is 2.78. The third-order valence-corrected chi connectivity index (χ3v) is 3.37. The Morgan fingerprint density at radius 2 is 2.05 bits per heavy atom. The summed E-state index contributed by atoms with van der Waals surface area (Å²) in [5, 5.41) is 2.69. The van der Waals surface area contributed by atoms with E-state index >= 15 is 0 Å². The Hall–Kier alpha value is -0.950. The highest BCUT2D eigenvalue weighted by atomic mass is 32.1. The molecule has 1 aliphatic heterocycles. The van der Waals surface area contributed by atoms with Crippen LogP contribution in [-0.2, 0) is 19.0 Å². The maximum atomic E-state index is 11.6. The fraction of sp³-hybridized carbons (Fsp3) is 0.846. The molecule has 0 bridgehead atoms. The number of carbonyl (C=O) groups excluding carboxylic acids is 2. The number of hydrogen-bond donors (Lipinski definition) is 2. The number of hydrogen-bond acceptors (Lipinski definition) is 6. The first-order valence-corrected chi connectivity index (χ1v) is 7.17. The van der Waals surface area contributed by atoms with Gasteiger partial charge in [-0.05, 0) is 27.2 Å². The average Bonchev–Trinajstić information content (AvgIpc) is 2.70. The highest BCUT2D eigenvalue weighted by Crippen LogP contribution is 2.18. The van der Waals surface area contributed by atoms with Crippen LogP contribution in [0.1, 0.15) is 34.1 Å². The largest absolute Gasteiger partial charge is 0.425 e. The Kier molecular flexibility index (Phi) is 6.13. The number of rotatable bonds is 4. The fourth-order valence-corrected chi connectivity index (χ4v) is 1.86. The lowest BCUT2D eigenvalue weighted by atomic mass is 9.97. The van der Waals surface area contributed by atoms with Gasteiger partial charge in [0.15, 0.2) is 0 Å². The molecular weight excluding hydrogens is 282 g/mol. The predicted octanol–water partition coefficient (Wildman–Crippen LogP) is 1.74. The van der Waals surface area contributed by atoms with E-state index in [1.807, 2.05) is 0 Å². The van der Waals surface area contributed by atoms with E-state index < -0.39 is 23.8 Å². The second-order valence-corrected chi connectivity index (χ2v) is 6.44. The van der Waals surface area contributed by atoms with Crippen molar-refractivity contribution in [1.82, 2.24) is 5.32 Å². The summed E-state index contributed by atoms with van der Waals surface area (Å²) in [5.74, 6) is -0.424. The molecule has 1 unspecified atom stereocenters. The lowest BCUT2D eigenvalue weighted by molar-refractivity contribution is -0.174. The Bertz CT molecular complexity index is 355. The number of thiol groups is 1. The predicted molar refractivity (Wildman–Crippen MR) is 76.6 cm³/mol. The summed E-state index contributed by atoms with van der Waals surface area (Å²) in [7, 11) is 0. The van der Waals surface area contributed by atoms with Crippen LogP contribution in [0.15, 0.2) is 0 Å². The van der Waals surface area contributed by atoms with Crippen LogP contribution in [-0.4, -0.2) is 42.9 Å². The highest BCUT2D eigenvalue weighted by Gasteiger charge is 2.27. The van der Waals surface area contributed by atoms with E-state index in [1.54, 1.807) is 20.8 Å². The van der Waals surface area contributed by atoms with E-state index in [2.05, 4.69) is 17.9 Å². The van der Waals surface area contributed by atoms with Crippen LogP contribution in [0.5, 0.6) is 0 Å². The molecule has 0 spiro atoms. The van der Waals surface area contributed by atoms with Crippen molar-refractivity contribution in [1.29, 1.82) is 0 Å². The maximum Gasteiger partial charge on any atom is 0.410 e. The molecule has 6 nitrogen and oxygen atoms in total. The third kappa shape index (κ3) is 5.58. The summed E-state index contributed by atoms with van der Waals surface area (Å²) >= 11 is 4.35. The van der Waals surface area contributed by atoms with Gasteiger partial charge in [-0.1, -0.05) is 0 Å².